The van der Waals surface area contributed by atoms with Crippen LogP contribution in [-0.2, 0) is 21.1 Å². The monoisotopic (exact) mass is 906 g/mol. The summed E-state index contributed by atoms with van der Waals surface area (Å²) in [6, 6.07) is 72.6. The minimum atomic E-state index is -3.08. The fourth-order valence-corrected chi connectivity index (χ4v) is 12.6. The van der Waals surface area contributed by atoms with Gasteiger partial charge in [-0.05, 0) is 70.7 Å². The van der Waals surface area contributed by atoms with E-state index in [1.807, 2.05) is 40.6 Å². The smallest absolute Gasteiger partial charge is 0.148 e. The molecule has 0 fully saturated rings. The molecular weight excluding hydrogens is 872 g/mol. The third kappa shape index (κ3) is 5.73. The number of para-hydroxylation sites is 4. The Morgan fingerprint density at radius 1 is 0.545 bits per heavy atom. The number of aryl methyl sites for hydroxylation is 1. The van der Waals surface area contributed by atoms with Crippen molar-refractivity contribution < 1.29 is 26.0 Å². The van der Waals surface area contributed by atoms with Crippen LogP contribution in [0, 0.1) is 19.1 Å². The fourth-order valence-electron chi connectivity index (χ4n) is 8.05. The predicted molar refractivity (Wildman–Crippen MR) is 224 cm³/mol. The molecule has 55 heavy (non-hydrogen) atoms. The van der Waals surface area contributed by atoms with E-state index >= 15 is 0 Å². The van der Waals surface area contributed by atoms with Crippen LogP contribution in [0.4, 0.5) is 22.7 Å². The maximum atomic E-state index is 5.19. The summed E-state index contributed by atoms with van der Waals surface area (Å²) in [7, 11) is -3.08. The van der Waals surface area contributed by atoms with Gasteiger partial charge in [0.05, 0.1) is 0 Å². The molecule has 0 amide bonds. The molecule has 1 aliphatic rings. The minimum absolute atomic E-state index is 0. The normalized spacial score (nSPS) is 12.5. The summed E-state index contributed by atoms with van der Waals surface area (Å²) in [5.74, 6) is 0.882. The van der Waals surface area contributed by atoms with E-state index in [2.05, 4.69) is 181 Å². The van der Waals surface area contributed by atoms with Crippen molar-refractivity contribution >= 4 is 73.4 Å². The van der Waals surface area contributed by atoms with Gasteiger partial charge in [0.25, 0.3) is 0 Å². The third-order valence-corrected chi connectivity index (χ3v) is 15.1. The van der Waals surface area contributed by atoms with Crippen LogP contribution in [0.25, 0.3) is 27.6 Å². The van der Waals surface area contributed by atoms with Crippen molar-refractivity contribution in [2.45, 2.75) is 6.92 Å². The van der Waals surface area contributed by atoms with E-state index in [0.29, 0.717) is 0 Å². The van der Waals surface area contributed by atoms with Crippen molar-refractivity contribution in [1.29, 1.82) is 0 Å². The van der Waals surface area contributed by atoms with E-state index in [1.54, 1.807) is 0 Å². The van der Waals surface area contributed by atoms with Crippen LogP contribution in [0.5, 0.6) is 0 Å². The molecule has 0 radical (unpaired) electrons. The van der Waals surface area contributed by atoms with Gasteiger partial charge in [-0.2, -0.15) is 51.7 Å². The van der Waals surface area contributed by atoms with Gasteiger partial charge in [-0.3, -0.25) is 0 Å². The summed E-state index contributed by atoms with van der Waals surface area (Å²) in [4.78, 5) is 10.1. The van der Waals surface area contributed by atoms with Crippen molar-refractivity contribution in [3.63, 3.8) is 0 Å². The molecule has 7 aromatic carbocycles. The van der Waals surface area contributed by atoms with Crippen LogP contribution in [-0.4, -0.2) is 22.6 Å². The zero-order valence-electron chi connectivity index (χ0n) is 30.0. The predicted octanol–water partition coefficient (Wildman–Crippen LogP) is 8.59. The first kappa shape index (κ1) is 34.7. The van der Waals surface area contributed by atoms with Gasteiger partial charge in [0.1, 0.15) is 31.0 Å². The van der Waals surface area contributed by atoms with Crippen LogP contribution in [0.2, 0.25) is 0 Å². The molecule has 3 heterocycles. The zero-order valence-corrected chi connectivity index (χ0v) is 33.2. The van der Waals surface area contributed by atoms with Gasteiger partial charge in [-0.25, -0.2) is 4.98 Å². The molecule has 0 bridgehead atoms. The molecule has 5 nitrogen and oxygen atoms in total. The summed E-state index contributed by atoms with van der Waals surface area (Å²) in [6.45, 7) is 2.11. The Bertz CT molecular complexity index is 2750. The fraction of sp³-hybridized carbons (Fsp3) is 0.0208. The van der Waals surface area contributed by atoms with Crippen molar-refractivity contribution in [3.05, 3.63) is 206 Å². The van der Waals surface area contributed by atoms with Crippen LogP contribution in [0.1, 0.15) is 5.56 Å². The SMILES string of the molecule is Cc1ccnc(-n2c3[c-]c([Si](c4[c-]c(N5[OH+]N(c6ccccc6)c6ccccc65)ccc4)(c4ccccc4)c4ccccc4)ccc3c3ccccc32)c1.[Pt]. The van der Waals surface area contributed by atoms with E-state index in [1.165, 1.54) is 15.8 Å². The first-order chi connectivity index (χ1) is 26.7. The van der Waals surface area contributed by atoms with Gasteiger partial charge in [0, 0.05) is 38.5 Å². The molecule has 1 aliphatic heterocycles. The van der Waals surface area contributed by atoms with E-state index < -0.39 is 8.07 Å². The second-order valence-corrected chi connectivity index (χ2v) is 17.4. The second kappa shape index (κ2) is 14.3. The van der Waals surface area contributed by atoms with Crippen LogP contribution in [0.3, 0.4) is 0 Å². The van der Waals surface area contributed by atoms with Crippen molar-refractivity contribution in [3.8, 4) is 5.82 Å². The molecule has 0 aliphatic carbocycles. The molecule has 0 atom stereocenters. The summed E-state index contributed by atoms with van der Waals surface area (Å²) in [5, 5.41) is 11.1. The number of benzene rings is 7. The number of anilines is 4. The number of hydrogen-bond acceptors (Lipinski definition) is 3. The number of pyridine rings is 1. The molecule has 0 saturated carbocycles. The first-order valence-electron chi connectivity index (χ1n) is 18.2. The molecule has 0 saturated heterocycles. The van der Waals surface area contributed by atoms with E-state index in [0.717, 1.165) is 60.9 Å². The average molecular weight is 907 g/mol. The average Bonchev–Trinajstić information content (AvgIpc) is 3.79. The number of fused-ring (bicyclic) bond motifs is 4. The Hall–Kier alpha value is -6.04. The van der Waals surface area contributed by atoms with Gasteiger partial charge in [-0.15, -0.1) is 16.5 Å². The van der Waals surface area contributed by atoms with Crippen LogP contribution < -0.4 is 30.9 Å². The number of nitrogens with zero attached hydrogens (tertiary/aromatic N) is 4. The van der Waals surface area contributed by atoms with Crippen molar-refractivity contribution in [2.75, 3.05) is 10.1 Å². The van der Waals surface area contributed by atoms with Gasteiger partial charge in [0.2, 0.25) is 0 Å². The van der Waals surface area contributed by atoms with E-state index in [-0.39, 0.29) is 21.1 Å². The number of hydrogen-bond donors (Lipinski definition) is 0. The molecule has 0 unspecified atom stereocenters. The Kier molecular flexibility index (Phi) is 9.03. The zero-order chi connectivity index (χ0) is 36.1. The molecular formula is C48H35N4OPtSi-. The quantitative estimate of drug-likeness (QED) is 0.0697. The number of rotatable bonds is 7. The maximum absolute atomic E-state index is 5.19. The van der Waals surface area contributed by atoms with Crippen LogP contribution in [0.15, 0.2) is 188 Å². The number of aromatic nitrogens is 2. The maximum Gasteiger partial charge on any atom is 0.148 e. The molecule has 268 valence electrons. The largest absolute Gasteiger partial charge is 0.319 e. The Labute approximate surface area is 335 Å². The summed E-state index contributed by atoms with van der Waals surface area (Å²) < 4.78 is 2.27. The van der Waals surface area contributed by atoms with E-state index in [9.17, 15) is 0 Å². The van der Waals surface area contributed by atoms with Crippen molar-refractivity contribution in [2.24, 2.45) is 0 Å². The molecule has 0 spiro atoms. The second-order valence-electron chi connectivity index (χ2n) is 13.6. The molecule has 10 rings (SSSR count). The summed E-state index contributed by atoms with van der Waals surface area (Å²) in [6.07, 6.45) is 1.89. The van der Waals surface area contributed by atoms with Crippen molar-refractivity contribution in [1.82, 2.24) is 9.55 Å². The Balaban J connectivity index is 0.00000397. The minimum Gasteiger partial charge on any atom is -0.319 e. The third-order valence-electron chi connectivity index (χ3n) is 10.5. The van der Waals surface area contributed by atoms with Gasteiger partial charge < -0.3 is 4.57 Å². The van der Waals surface area contributed by atoms with Gasteiger partial charge in [-0.1, -0.05) is 120 Å². The summed E-state index contributed by atoms with van der Waals surface area (Å²) in [5.41, 5.74) is 7.18. The molecule has 7 heteroatoms. The molecule has 2 aromatic heterocycles. The Morgan fingerprint density at radius 3 is 1.87 bits per heavy atom. The van der Waals surface area contributed by atoms with Gasteiger partial charge >= 0.3 is 0 Å². The summed E-state index contributed by atoms with van der Waals surface area (Å²) >= 11 is 0. The first-order valence-corrected chi connectivity index (χ1v) is 20.2. The van der Waals surface area contributed by atoms with Gasteiger partial charge in [0.15, 0.2) is 0 Å². The van der Waals surface area contributed by atoms with Crippen LogP contribution >= 0.6 is 0 Å². The molecule has 1 N–H and O–H groups in total. The van der Waals surface area contributed by atoms with E-state index in [4.69, 9.17) is 9.92 Å². The Morgan fingerprint density at radius 2 is 1.16 bits per heavy atom. The molecule has 9 aromatic rings. The topological polar surface area (TPSA) is 37.1 Å². The standard InChI is InChI=1S/C48H34N4OSi.Pt/c1-35-30-31-49-48(32-35)50-44-25-12-11-24-42(44)43-29-28-41(34-47(43)50)54(38-19-7-3-8-20-38,39-21-9-4-10-22-39)40-23-15-18-37(33-40)52-46-27-14-13-26-45(46)51(53-52)36-16-5-2-6-17-36;/h2-32H,1H3;/q-2;/p+1.